The molecule has 0 radical (unpaired) electrons. The van der Waals surface area contributed by atoms with Crippen molar-refractivity contribution in [2.24, 2.45) is 0 Å². The number of methoxy groups -OCH3 is 1. The average molecular weight is 285 g/mol. The molecule has 1 rings (SSSR count). The van der Waals surface area contributed by atoms with Crippen LogP contribution in [-0.2, 0) is 4.74 Å². The summed E-state index contributed by atoms with van der Waals surface area (Å²) in [5, 5.41) is 0.438. The Morgan fingerprint density at radius 2 is 2.16 bits per heavy atom. The summed E-state index contributed by atoms with van der Waals surface area (Å²) in [5.74, 6) is -0.0798. The Morgan fingerprint density at radius 1 is 1.47 bits per heavy atom. The van der Waals surface area contributed by atoms with Gasteiger partial charge < -0.3 is 9.64 Å². The van der Waals surface area contributed by atoms with Crippen molar-refractivity contribution in [2.45, 2.75) is 32.7 Å². The third kappa shape index (κ3) is 4.18. The van der Waals surface area contributed by atoms with Crippen molar-refractivity contribution in [1.82, 2.24) is 9.88 Å². The molecule has 5 heteroatoms. The number of rotatable bonds is 7. The molecule has 0 aromatic carbocycles. The highest BCUT2D eigenvalue weighted by molar-refractivity contribution is 6.33. The third-order valence-corrected chi connectivity index (χ3v) is 3.51. The summed E-state index contributed by atoms with van der Waals surface area (Å²) >= 11 is 6.07. The standard InChI is InChI=1S/C14H21ClN2O2/c1-4-11(5-2)17(8-9-19-3)14(18)12-10-16-7-6-13(12)15/h6-7,10-11H,4-5,8-9H2,1-3H3. The number of aromatic nitrogens is 1. The lowest BCUT2D eigenvalue weighted by Gasteiger charge is -2.30. The molecule has 0 atom stereocenters. The molecule has 4 nitrogen and oxygen atoms in total. The maximum absolute atomic E-state index is 12.6. The second-order valence-electron chi connectivity index (χ2n) is 4.32. The van der Waals surface area contributed by atoms with Crippen LogP contribution < -0.4 is 0 Å². The number of hydrogen-bond acceptors (Lipinski definition) is 3. The molecule has 106 valence electrons. The lowest BCUT2D eigenvalue weighted by molar-refractivity contribution is 0.0589. The summed E-state index contributed by atoms with van der Waals surface area (Å²) in [7, 11) is 1.63. The molecule has 0 aliphatic rings. The van der Waals surface area contributed by atoms with E-state index in [9.17, 15) is 4.79 Å². The zero-order valence-electron chi connectivity index (χ0n) is 11.7. The van der Waals surface area contributed by atoms with Gasteiger partial charge >= 0.3 is 0 Å². The Kier molecular flexibility index (Phi) is 6.81. The van der Waals surface area contributed by atoms with E-state index in [1.165, 1.54) is 6.20 Å². The first kappa shape index (κ1) is 15.9. The van der Waals surface area contributed by atoms with Gasteiger partial charge in [0.25, 0.3) is 5.91 Å². The Balaban J connectivity index is 2.96. The van der Waals surface area contributed by atoms with E-state index in [0.29, 0.717) is 23.7 Å². The molecule has 1 aromatic rings. The number of carbonyl (C=O) groups excluding carboxylic acids is 1. The summed E-state index contributed by atoms with van der Waals surface area (Å²) < 4.78 is 5.09. The van der Waals surface area contributed by atoms with Crippen LogP contribution in [0.25, 0.3) is 0 Å². The number of hydrogen-bond donors (Lipinski definition) is 0. The summed E-state index contributed by atoms with van der Waals surface area (Å²) in [6, 6.07) is 1.83. The van der Waals surface area contributed by atoms with Crippen molar-refractivity contribution in [1.29, 1.82) is 0 Å². The lowest BCUT2D eigenvalue weighted by atomic mass is 10.1. The summed E-state index contributed by atoms with van der Waals surface area (Å²) in [4.78, 5) is 18.4. The van der Waals surface area contributed by atoms with Crippen molar-refractivity contribution in [2.75, 3.05) is 20.3 Å². The van der Waals surface area contributed by atoms with Crippen LogP contribution >= 0.6 is 11.6 Å². The van der Waals surface area contributed by atoms with Gasteiger partial charge in [-0.3, -0.25) is 9.78 Å². The SMILES string of the molecule is CCC(CC)N(CCOC)C(=O)c1cnccc1Cl. The Labute approximate surface area is 119 Å². The summed E-state index contributed by atoms with van der Waals surface area (Å²) in [6.07, 6.45) is 4.91. The first-order chi connectivity index (χ1) is 9.15. The minimum absolute atomic E-state index is 0.0798. The van der Waals surface area contributed by atoms with Gasteiger partial charge in [0.05, 0.1) is 17.2 Å². The highest BCUT2D eigenvalue weighted by Gasteiger charge is 2.23. The largest absolute Gasteiger partial charge is 0.383 e. The normalized spacial score (nSPS) is 10.8. The highest BCUT2D eigenvalue weighted by atomic mass is 35.5. The van der Waals surface area contributed by atoms with Crippen LogP contribution in [0.4, 0.5) is 0 Å². The van der Waals surface area contributed by atoms with Gasteiger partial charge in [-0.2, -0.15) is 0 Å². The van der Waals surface area contributed by atoms with Crippen LogP contribution in [0.2, 0.25) is 5.02 Å². The fourth-order valence-corrected chi connectivity index (χ4v) is 2.24. The van der Waals surface area contributed by atoms with Gasteiger partial charge in [0.2, 0.25) is 0 Å². The zero-order chi connectivity index (χ0) is 14.3. The summed E-state index contributed by atoms with van der Waals surface area (Å²) in [5.41, 5.74) is 0.451. The molecular formula is C14H21ClN2O2. The van der Waals surface area contributed by atoms with E-state index in [4.69, 9.17) is 16.3 Å². The molecule has 0 bridgehead atoms. The predicted octanol–water partition coefficient (Wildman–Crippen LogP) is 3.01. The first-order valence-corrected chi connectivity index (χ1v) is 6.92. The van der Waals surface area contributed by atoms with Crippen molar-refractivity contribution >= 4 is 17.5 Å². The molecule has 1 heterocycles. The molecule has 1 aromatic heterocycles. The summed E-state index contributed by atoms with van der Waals surface area (Å²) in [6.45, 7) is 5.23. The molecule has 0 saturated carbocycles. The topological polar surface area (TPSA) is 42.4 Å². The Bertz CT molecular complexity index is 408. The monoisotopic (exact) mass is 284 g/mol. The molecule has 1 amide bonds. The van der Waals surface area contributed by atoms with Crippen molar-refractivity contribution in [3.63, 3.8) is 0 Å². The quantitative estimate of drug-likeness (QED) is 0.773. The number of amides is 1. The van der Waals surface area contributed by atoms with Crippen LogP contribution in [-0.4, -0.2) is 42.1 Å². The second-order valence-corrected chi connectivity index (χ2v) is 4.72. The third-order valence-electron chi connectivity index (χ3n) is 3.18. The highest BCUT2D eigenvalue weighted by Crippen LogP contribution is 2.19. The van der Waals surface area contributed by atoms with Crippen molar-refractivity contribution in [3.8, 4) is 0 Å². The molecule has 0 saturated heterocycles. The second kappa shape index (κ2) is 8.12. The minimum atomic E-state index is -0.0798. The van der Waals surface area contributed by atoms with E-state index >= 15 is 0 Å². The fraction of sp³-hybridized carbons (Fsp3) is 0.571. The van der Waals surface area contributed by atoms with Crippen molar-refractivity contribution in [3.05, 3.63) is 29.0 Å². The number of carbonyl (C=O) groups is 1. The van der Waals surface area contributed by atoms with E-state index in [-0.39, 0.29) is 11.9 Å². The van der Waals surface area contributed by atoms with Gasteiger partial charge in [0, 0.05) is 32.1 Å². The smallest absolute Gasteiger partial charge is 0.257 e. The van der Waals surface area contributed by atoms with E-state index in [2.05, 4.69) is 18.8 Å². The molecule has 0 unspecified atom stereocenters. The number of halogens is 1. The Morgan fingerprint density at radius 3 is 2.68 bits per heavy atom. The molecule has 0 aliphatic carbocycles. The number of ether oxygens (including phenoxy) is 1. The Hall–Kier alpha value is -1.13. The van der Waals surface area contributed by atoms with Crippen LogP contribution in [0.1, 0.15) is 37.0 Å². The van der Waals surface area contributed by atoms with E-state index in [1.807, 2.05) is 4.90 Å². The number of pyridine rings is 1. The van der Waals surface area contributed by atoms with Gasteiger partial charge in [0.1, 0.15) is 0 Å². The van der Waals surface area contributed by atoms with Crippen LogP contribution in [0.15, 0.2) is 18.5 Å². The van der Waals surface area contributed by atoms with E-state index in [1.54, 1.807) is 19.4 Å². The van der Waals surface area contributed by atoms with Crippen LogP contribution in [0.5, 0.6) is 0 Å². The van der Waals surface area contributed by atoms with E-state index in [0.717, 1.165) is 12.8 Å². The van der Waals surface area contributed by atoms with Gasteiger partial charge in [0.15, 0.2) is 0 Å². The molecule has 0 fully saturated rings. The predicted molar refractivity (Wildman–Crippen MR) is 76.5 cm³/mol. The maximum Gasteiger partial charge on any atom is 0.257 e. The van der Waals surface area contributed by atoms with E-state index < -0.39 is 0 Å². The molecule has 19 heavy (non-hydrogen) atoms. The molecule has 0 N–H and O–H groups in total. The van der Waals surface area contributed by atoms with Crippen LogP contribution in [0.3, 0.4) is 0 Å². The fourth-order valence-electron chi connectivity index (χ4n) is 2.06. The average Bonchev–Trinajstić information content (AvgIpc) is 2.43. The van der Waals surface area contributed by atoms with Gasteiger partial charge in [-0.05, 0) is 18.9 Å². The number of nitrogens with zero attached hydrogens (tertiary/aromatic N) is 2. The minimum Gasteiger partial charge on any atom is -0.383 e. The molecule has 0 spiro atoms. The maximum atomic E-state index is 12.6. The molecular weight excluding hydrogens is 264 g/mol. The van der Waals surface area contributed by atoms with Gasteiger partial charge in [-0.15, -0.1) is 0 Å². The zero-order valence-corrected chi connectivity index (χ0v) is 12.5. The van der Waals surface area contributed by atoms with Crippen LogP contribution in [0, 0.1) is 0 Å². The lowest BCUT2D eigenvalue weighted by Crippen LogP contribution is -2.42. The van der Waals surface area contributed by atoms with Gasteiger partial charge in [-0.1, -0.05) is 25.4 Å². The molecule has 0 aliphatic heterocycles. The van der Waals surface area contributed by atoms with Gasteiger partial charge in [-0.25, -0.2) is 0 Å². The van der Waals surface area contributed by atoms with Crippen molar-refractivity contribution < 1.29 is 9.53 Å². The first-order valence-electron chi connectivity index (χ1n) is 6.55.